The fourth-order valence-electron chi connectivity index (χ4n) is 2.49. The van der Waals surface area contributed by atoms with Gasteiger partial charge in [-0.3, -0.25) is 0 Å². The Morgan fingerprint density at radius 3 is 2.39 bits per heavy atom. The summed E-state index contributed by atoms with van der Waals surface area (Å²) in [5, 5.41) is 0.787. The maximum absolute atomic E-state index is 5.99. The lowest BCUT2D eigenvalue weighted by Gasteiger charge is -2.13. The van der Waals surface area contributed by atoms with Crippen LogP contribution in [0.5, 0.6) is 5.75 Å². The first kappa shape index (κ1) is 17.8. The highest BCUT2D eigenvalue weighted by Gasteiger charge is 2.04. The van der Waals surface area contributed by atoms with Crippen molar-refractivity contribution in [2.75, 3.05) is 27.2 Å². The lowest BCUT2D eigenvalue weighted by atomic mass is 10.0. The molecule has 0 saturated carbocycles. The number of unbranched alkanes of at least 4 members (excludes halogenated alkanes) is 1. The third-order valence-electron chi connectivity index (χ3n) is 3.83. The van der Waals surface area contributed by atoms with Gasteiger partial charge in [-0.1, -0.05) is 41.9 Å². The Labute approximate surface area is 145 Å². The molecule has 0 unspecified atom stereocenters. The number of ether oxygens (including phenoxy) is 1. The summed E-state index contributed by atoms with van der Waals surface area (Å²) in [7, 11) is 4.21. The number of benzene rings is 2. The van der Waals surface area contributed by atoms with E-state index >= 15 is 0 Å². The maximum Gasteiger partial charge on any atom is 0.122 e. The van der Waals surface area contributed by atoms with Gasteiger partial charge in [0.1, 0.15) is 5.75 Å². The van der Waals surface area contributed by atoms with Crippen LogP contribution in [0.25, 0.3) is 0 Å². The molecule has 0 fully saturated rings. The average Bonchev–Trinajstić information content (AvgIpc) is 2.55. The van der Waals surface area contributed by atoms with Crippen LogP contribution in [0.2, 0.25) is 5.02 Å². The van der Waals surface area contributed by atoms with Crippen molar-refractivity contribution in [3.63, 3.8) is 0 Å². The standard InChI is InChI=1S/C20H26ClNO/c1-22(2)15-5-6-16-23-20-8-4-3-7-18(20)12-9-17-10-13-19(21)14-11-17/h3-4,7-8,10-11,13-14H,5-6,9,12,15-16H2,1-2H3. The fourth-order valence-corrected chi connectivity index (χ4v) is 2.62. The Kier molecular flexibility index (Phi) is 7.44. The third-order valence-corrected chi connectivity index (χ3v) is 4.08. The summed E-state index contributed by atoms with van der Waals surface area (Å²) in [6.07, 6.45) is 4.23. The first-order valence-corrected chi connectivity index (χ1v) is 8.63. The van der Waals surface area contributed by atoms with Crippen LogP contribution < -0.4 is 4.74 Å². The van der Waals surface area contributed by atoms with E-state index < -0.39 is 0 Å². The number of aryl methyl sites for hydroxylation is 2. The van der Waals surface area contributed by atoms with Crippen molar-refractivity contribution in [1.29, 1.82) is 0 Å². The van der Waals surface area contributed by atoms with Gasteiger partial charge in [-0.05, 0) is 75.6 Å². The number of para-hydroxylation sites is 1. The van der Waals surface area contributed by atoms with Crippen molar-refractivity contribution >= 4 is 11.6 Å². The summed E-state index contributed by atoms with van der Waals surface area (Å²) in [5.74, 6) is 1.02. The van der Waals surface area contributed by atoms with Crippen LogP contribution in [0.3, 0.4) is 0 Å². The predicted molar refractivity (Wildman–Crippen MR) is 98.6 cm³/mol. The summed E-state index contributed by atoms with van der Waals surface area (Å²) >= 11 is 5.93. The Morgan fingerprint density at radius 1 is 0.913 bits per heavy atom. The smallest absolute Gasteiger partial charge is 0.122 e. The normalized spacial score (nSPS) is 11.0. The zero-order valence-electron chi connectivity index (χ0n) is 14.1. The fraction of sp³-hybridized carbons (Fsp3) is 0.400. The predicted octanol–water partition coefficient (Wildman–Crippen LogP) is 4.85. The minimum absolute atomic E-state index is 0.784. The van der Waals surface area contributed by atoms with Gasteiger partial charge in [-0.15, -0.1) is 0 Å². The van der Waals surface area contributed by atoms with Crippen molar-refractivity contribution in [2.24, 2.45) is 0 Å². The molecule has 0 heterocycles. The second-order valence-corrected chi connectivity index (χ2v) is 6.53. The zero-order valence-corrected chi connectivity index (χ0v) is 14.9. The number of hydrogen-bond acceptors (Lipinski definition) is 2. The monoisotopic (exact) mass is 331 g/mol. The molecular weight excluding hydrogens is 306 g/mol. The first-order chi connectivity index (χ1) is 11.1. The van der Waals surface area contributed by atoms with Gasteiger partial charge in [-0.2, -0.15) is 0 Å². The van der Waals surface area contributed by atoms with Crippen LogP contribution in [0, 0.1) is 0 Å². The van der Waals surface area contributed by atoms with Crippen molar-refractivity contribution in [2.45, 2.75) is 25.7 Å². The summed E-state index contributed by atoms with van der Waals surface area (Å²) in [5.41, 5.74) is 2.57. The molecule has 0 bridgehead atoms. The molecule has 2 aromatic carbocycles. The first-order valence-electron chi connectivity index (χ1n) is 8.25. The van der Waals surface area contributed by atoms with E-state index in [1.54, 1.807) is 0 Å². The van der Waals surface area contributed by atoms with Gasteiger partial charge in [0.2, 0.25) is 0 Å². The maximum atomic E-state index is 5.99. The highest BCUT2D eigenvalue weighted by molar-refractivity contribution is 6.30. The van der Waals surface area contributed by atoms with Gasteiger partial charge in [0.25, 0.3) is 0 Å². The lowest BCUT2D eigenvalue weighted by Crippen LogP contribution is -2.13. The van der Waals surface area contributed by atoms with Crippen LogP contribution in [0.4, 0.5) is 0 Å². The van der Waals surface area contributed by atoms with Crippen LogP contribution in [-0.4, -0.2) is 32.1 Å². The minimum atomic E-state index is 0.784. The van der Waals surface area contributed by atoms with Gasteiger partial charge in [-0.25, -0.2) is 0 Å². The average molecular weight is 332 g/mol. The Hall–Kier alpha value is -1.51. The molecular formula is C20H26ClNO. The van der Waals surface area contributed by atoms with Gasteiger partial charge in [0, 0.05) is 5.02 Å². The van der Waals surface area contributed by atoms with E-state index in [0.717, 1.165) is 43.2 Å². The van der Waals surface area contributed by atoms with Gasteiger partial charge in [0.05, 0.1) is 6.61 Å². The lowest BCUT2D eigenvalue weighted by molar-refractivity contribution is 0.290. The van der Waals surface area contributed by atoms with Gasteiger partial charge < -0.3 is 9.64 Å². The minimum Gasteiger partial charge on any atom is -0.493 e. The number of rotatable bonds is 9. The van der Waals surface area contributed by atoms with Crippen LogP contribution in [0.15, 0.2) is 48.5 Å². The number of halogens is 1. The van der Waals surface area contributed by atoms with E-state index in [9.17, 15) is 0 Å². The summed E-state index contributed by atoms with van der Waals surface area (Å²) in [6.45, 7) is 1.90. The molecule has 0 aliphatic heterocycles. The van der Waals surface area contributed by atoms with Crippen LogP contribution in [0.1, 0.15) is 24.0 Å². The molecule has 2 nitrogen and oxygen atoms in total. The largest absolute Gasteiger partial charge is 0.493 e. The van der Waals surface area contributed by atoms with E-state index in [2.05, 4.69) is 49.3 Å². The molecule has 0 saturated heterocycles. The molecule has 0 aromatic heterocycles. The molecule has 23 heavy (non-hydrogen) atoms. The molecule has 2 rings (SSSR count). The second-order valence-electron chi connectivity index (χ2n) is 6.09. The van der Waals surface area contributed by atoms with Crippen molar-refractivity contribution in [3.8, 4) is 5.75 Å². The molecule has 0 spiro atoms. The topological polar surface area (TPSA) is 12.5 Å². The molecule has 3 heteroatoms. The van der Waals surface area contributed by atoms with Crippen molar-refractivity contribution < 1.29 is 4.74 Å². The third kappa shape index (κ3) is 6.64. The molecule has 2 aromatic rings. The van der Waals surface area contributed by atoms with E-state index in [1.807, 2.05) is 18.2 Å². The summed E-state index contributed by atoms with van der Waals surface area (Å²) in [4.78, 5) is 2.21. The van der Waals surface area contributed by atoms with Crippen LogP contribution >= 0.6 is 11.6 Å². The van der Waals surface area contributed by atoms with Gasteiger partial charge in [0.15, 0.2) is 0 Å². The molecule has 0 radical (unpaired) electrons. The highest BCUT2D eigenvalue weighted by Crippen LogP contribution is 2.21. The Morgan fingerprint density at radius 2 is 1.65 bits per heavy atom. The molecule has 0 N–H and O–H groups in total. The summed E-state index contributed by atoms with van der Waals surface area (Å²) in [6, 6.07) is 16.4. The molecule has 0 aliphatic carbocycles. The molecule has 124 valence electrons. The molecule has 0 atom stereocenters. The highest BCUT2D eigenvalue weighted by atomic mass is 35.5. The SMILES string of the molecule is CN(C)CCCCOc1ccccc1CCc1ccc(Cl)cc1. The van der Waals surface area contributed by atoms with E-state index in [1.165, 1.54) is 17.5 Å². The number of hydrogen-bond donors (Lipinski definition) is 0. The van der Waals surface area contributed by atoms with Gasteiger partial charge >= 0.3 is 0 Å². The Bertz CT molecular complexity index is 580. The zero-order chi connectivity index (χ0) is 16.5. The Balaban J connectivity index is 1.83. The van der Waals surface area contributed by atoms with Crippen LogP contribution in [-0.2, 0) is 12.8 Å². The number of nitrogens with zero attached hydrogens (tertiary/aromatic N) is 1. The van der Waals surface area contributed by atoms with E-state index in [-0.39, 0.29) is 0 Å². The van der Waals surface area contributed by atoms with Crippen molar-refractivity contribution in [1.82, 2.24) is 4.90 Å². The molecule has 0 amide bonds. The quantitative estimate of drug-likeness (QED) is 0.609. The van der Waals surface area contributed by atoms with E-state index in [0.29, 0.717) is 0 Å². The second kappa shape index (κ2) is 9.59. The molecule has 0 aliphatic rings. The van der Waals surface area contributed by atoms with Crippen molar-refractivity contribution in [3.05, 3.63) is 64.7 Å². The summed E-state index contributed by atoms with van der Waals surface area (Å²) < 4.78 is 5.99. The van der Waals surface area contributed by atoms with E-state index in [4.69, 9.17) is 16.3 Å².